The highest BCUT2D eigenvalue weighted by Gasteiger charge is 1.98. The fraction of sp³-hybridized carbons (Fsp3) is 0.0714. The van der Waals surface area contributed by atoms with Crippen molar-refractivity contribution in [2.75, 3.05) is 0 Å². The van der Waals surface area contributed by atoms with Gasteiger partial charge in [0.1, 0.15) is 5.58 Å². The number of thiazole rings is 1. The molecule has 0 aliphatic heterocycles. The number of rotatable bonds is 1. The fourth-order valence-corrected chi connectivity index (χ4v) is 2.65. The molecule has 1 aromatic carbocycles. The molecule has 0 atom stereocenters. The lowest BCUT2D eigenvalue weighted by molar-refractivity contribution is 0.616. The Balaban J connectivity index is 2.20. The van der Waals surface area contributed by atoms with Crippen LogP contribution in [0.1, 0.15) is 12.5 Å². The molecule has 3 rings (SSSR count). The highest BCUT2D eigenvalue weighted by atomic mass is 32.1. The van der Waals surface area contributed by atoms with E-state index >= 15 is 0 Å². The minimum atomic E-state index is -0.0413. The van der Waals surface area contributed by atoms with Crippen LogP contribution in [0, 0.1) is 0 Å². The van der Waals surface area contributed by atoms with Gasteiger partial charge in [-0.05, 0) is 36.8 Å². The average Bonchev–Trinajstić information content (AvgIpc) is 2.96. The molecule has 0 aliphatic carbocycles. The molecule has 0 fully saturated rings. The van der Waals surface area contributed by atoms with Gasteiger partial charge in [0.15, 0.2) is 0 Å². The normalized spacial score (nSPS) is 13.6. The summed E-state index contributed by atoms with van der Waals surface area (Å²) in [6.07, 6.45) is 5.45. The Morgan fingerprint density at radius 2 is 2.22 bits per heavy atom. The van der Waals surface area contributed by atoms with Crippen molar-refractivity contribution in [2.24, 2.45) is 0 Å². The summed E-state index contributed by atoms with van der Waals surface area (Å²) in [6, 6.07) is 7.78. The first-order chi connectivity index (χ1) is 8.76. The second-order valence-corrected chi connectivity index (χ2v) is 5.02. The largest absolute Gasteiger partial charge is 0.464 e. The number of aromatic nitrogens is 1. The van der Waals surface area contributed by atoms with Crippen molar-refractivity contribution in [3.63, 3.8) is 0 Å². The molecule has 2 aromatic heterocycles. The molecule has 3 aromatic rings. The molecular formula is C14H11NO2S. The van der Waals surface area contributed by atoms with E-state index in [1.54, 1.807) is 6.26 Å². The number of hydrogen-bond acceptors (Lipinski definition) is 3. The van der Waals surface area contributed by atoms with Crippen LogP contribution in [0.4, 0.5) is 0 Å². The Kier molecular flexibility index (Phi) is 2.64. The second-order valence-electron chi connectivity index (χ2n) is 3.94. The summed E-state index contributed by atoms with van der Waals surface area (Å²) in [5.41, 5.74) is 1.81. The molecule has 90 valence electrons. The minimum absolute atomic E-state index is 0.0413. The molecule has 0 amide bonds. The minimum Gasteiger partial charge on any atom is -0.464 e. The Labute approximate surface area is 107 Å². The van der Waals surface area contributed by atoms with Gasteiger partial charge in [0.05, 0.1) is 15.5 Å². The SMILES string of the molecule is C/C=c1\[nH]c(=O)/c(=C/c2ccc3occc3c2)s1. The lowest BCUT2D eigenvalue weighted by Gasteiger charge is -1.91. The maximum absolute atomic E-state index is 11.7. The third-order valence-corrected chi connectivity index (χ3v) is 3.80. The molecule has 18 heavy (non-hydrogen) atoms. The van der Waals surface area contributed by atoms with Crippen LogP contribution in [-0.4, -0.2) is 4.98 Å². The molecular weight excluding hydrogens is 246 g/mol. The molecule has 0 saturated carbocycles. The lowest BCUT2D eigenvalue weighted by atomic mass is 10.1. The summed E-state index contributed by atoms with van der Waals surface area (Å²) in [5.74, 6) is 0. The van der Waals surface area contributed by atoms with Gasteiger partial charge >= 0.3 is 0 Å². The maximum Gasteiger partial charge on any atom is 0.266 e. The van der Waals surface area contributed by atoms with Crippen LogP contribution in [0.15, 0.2) is 39.7 Å². The van der Waals surface area contributed by atoms with Crippen molar-refractivity contribution in [3.8, 4) is 0 Å². The molecule has 0 unspecified atom stereocenters. The van der Waals surface area contributed by atoms with Gasteiger partial charge in [0, 0.05) is 5.39 Å². The van der Waals surface area contributed by atoms with E-state index in [1.807, 2.05) is 43.3 Å². The van der Waals surface area contributed by atoms with Crippen molar-refractivity contribution in [2.45, 2.75) is 6.92 Å². The summed E-state index contributed by atoms with van der Waals surface area (Å²) in [6.45, 7) is 1.91. The quantitative estimate of drug-likeness (QED) is 0.722. The zero-order valence-corrected chi connectivity index (χ0v) is 10.6. The molecule has 0 saturated heterocycles. The van der Waals surface area contributed by atoms with E-state index in [0.717, 1.165) is 21.2 Å². The predicted molar refractivity (Wildman–Crippen MR) is 74.1 cm³/mol. The summed E-state index contributed by atoms with van der Waals surface area (Å²) in [4.78, 5) is 14.5. The molecule has 0 radical (unpaired) electrons. The van der Waals surface area contributed by atoms with Gasteiger partial charge in [-0.1, -0.05) is 12.1 Å². The third kappa shape index (κ3) is 1.91. The Morgan fingerprint density at radius 3 is 3.00 bits per heavy atom. The van der Waals surface area contributed by atoms with Crippen molar-refractivity contribution in [3.05, 3.63) is 55.6 Å². The lowest BCUT2D eigenvalue weighted by Crippen LogP contribution is -2.19. The zero-order chi connectivity index (χ0) is 12.5. The van der Waals surface area contributed by atoms with Gasteiger partial charge in [-0.2, -0.15) is 0 Å². The Morgan fingerprint density at radius 1 is 1.33 bits per heavy atom. The van der Waals surface area contributed by atoms with E-state index in [1.165, 1.54) is 11.3 Å². The van der Waals surface area contributed by atoms with Crippen LogP contribution in [0.2, 0.25) is 0 Å². The van der Waals surface area contributed by atoms with Crippen molar-refractivity contribution < 1.29 is 4.42 Å². The third-order valence-electron chi connectivity index (χ3n) is 2.72. The Hall–Kier alpha value is -2.07. The molecule has 4 heteroatoms. The van der Waals surface area contributed by atoms with Gasteiger partial charge in [-0.25, -0.2) is 0 Å². The number of benzene rings is 1. The van der Waals surface area contributed by atoms with E-state index in [0.29, 0.717) is 4.53 Å². The first-order valence-electron chi connectivity index (χ1n) is 5.61. The molecule has 0 bridgehead atoms. The highest BCUT2D eigenvalue weighted by molar-refractivity contribution is 7.07. The van der Waals surface area contributed by atoms with E-state index in [-0.39, 0.29) is 5.56 Å². The topological polar surface area (TPSA) is 46.0 Å². The van der Waals surface area contributed by atoms with E-state index < -0.39 is 0 Å². The maximum atomic E-state index is 11.7. The number of hydrogen-bond donors (Lipinski definition) is 1. The molecule has 3 nitrogen and oxygen atoms in total. The van der Waals surface area contributed by atoms with Gasteiger partial charge in [-0.15, -0.1) is 11.3 Å². The molecule has 0 spiro atoms. The summed E-state index contributed by atoms with van der Waals surface area (Å²) in [7, 11) is 0. The van der Waals surface area contributed by atoms with Crippen molar-refractivity contribution in [1.82, 2.24) is 4.98 Å². The number of H-pyrrole nitrogens is 1. The van der Waals surface area contributed by atoms with Gasteiger partial charge < -0.3 is 9.40 Å². The standard InChI is InChI=1S/C14H11NO2S/c1-2-13-15-14(16)12(18-13)8-9-3-4-11-10(7-9)5-6-17-11/h2-8H,1H3,(H,15,16)/b12-8-,13-2+. The fourth-order valence-electron chi connectivity index (χ4n) is 1.82. The van der Waals surface area contributed by atoms with E-state index in [2.05, 4.69) is 4.98 Å². The number of aromatic amines is 1. The monoisotopic (exact) mass is 257 g/mol. The van der Waals surface area contributed by atoms with Crippen LogP contribution in [0.3, 0.4) is 0 Å². The second kappa shape index (κ2) is 4.31. The van der Waals surface area contributed by atoms with E-state index in [4.69, 9.17) is 4.42 Å². The predicted octanol–water partition coefficient (Wildman–Crippen LogP) is 1.81. The Bertz CT molecular complexity index is 867. The highest BCUT2D eigenvalue weighted by Crippen LogP contribution is 2.17. The molecule has 2 heterocycles. The van der Waals surface area contributed by atoms with Crippen LogP contribution < -0.4 is 14.8 Å². The number of furan rings is 1. The van der Waals surface area contributed by atoms with Crippen molar-refractivity contribution >= 4 is 34.5 Å². The number of nitrogens with one attached hydrogen (secondary N) is 1. The van der Waals surface area contributed by atoms with E-state index in [9.17, 15) is 4.79 Å². The van der Waals surface area contributed by atoms with Gasteiger partial charge in [-0.3, -0.25) is 4.79 Å². The first kappa shape index (κ1) is 11.0. The summed E-state index contributed by atoms with van der Waals surface area (Å²) in [5, 5.41) is 1.04. The molecule has 0 aliphatic rings. The van der Waals surface area contributed by atoms with Crippen LogP contribution in [0.5, 0.6) is 0 Å². The first-order valence-corrected chi connectivity index (χ1v) is 6.42. The van der Waals surface area contributed by atoms with Crippen LogP contribution >= 0.6 is 11.3 Å². The summed E-state index contributed by atoms with van der Waals surface area (Å²) < 4.78 is 6.88. The summed E-state index contributed by atoms with van der Waals surface area (Å²) >= 11 is 1.46. The van der Waals surface area contributed by atoms with Crippen molar-refractivity contribution in [1.29, 1.82) is 0 Å². The molecule has 1 N–H and O–H groups in total. The van der Waals surface area contributed by atoms with Gasteiger partial charge in [0.2, 0.25) is 0 Å². The smallest absolute Gasteiger partial charge is 0.266 e. The van der Waals surface area contributed by atoms with Crippen LogP contribution in [-0.2, 0) is 0 Å². The van der Waals surface area contributed by atoms with Gasteiger partial charge in [0.25, 0.3) is 5.56 Å². The average molecular weight is 257 g/mol. The number of fused-ring (bicyclic) bond motifs is 1. The zero-order valence-electron chi connectivity index (χ0n) is 9.77. The van der Waals surface area contributed by atoms with Crippen LogP contribution in [0.25, 0.3) is 23.1 Å².